The van der Waals surface area contributed by atoms with Crippen LogP contribution in [0.2, 0.25) is 0 Å². The third-order valence-corrected chi connectivity index (χ3v) is 2.74. The van der Waals surface area contributed by atoms with Gasteiger partial charge < -0.3 is 4.90 Å². The van der Waals surface area contributed by atoms with E-state index >= 15 is 0 Å². The quantitative estimate of drug-likeness (QED) is 0.590. The first-order valence-corrected chi connectivity index (χ1v) is 5.83. The maximum atomic E-state index is 2.61. The molecule has 0 aliphatic carbocycles. The van der Waals surface area contributed by atoms with Crippen molar-refractivity contribution in [3.63, 3.8) is 0 Å². The van der Waals surface area contributed by atoms with Gasteiger partial charge in [-0.1, -0.05) is 20.3 Å². The molecule has 0 aromatic heterocycles. The lowest BCUT2D eigenvalue weighted by molar-refractivity contribution is 0.230. The predicted octanol–water partition coefficient (Wildman–Crippen LogP) is 3.11. The summed E-state index contributed by atoms with van der Waals surface area (Å²) < 4.78 is 0. The van der Waals surface area contributed by atoms with Gasteiger partial charge in [0.15, 0.2) is 0 Å². The molecular formula is C12H24N. The molecule has 1 saturated heterocycles. The Balaban J connectivity index is 1.92. The lowest BCUT2D eigenvalue weighted by Gasteiger charge is -2.26. The van der Waals surface area contributed by atoms with Crippen LogP contribution in [-0.4, -0.2) is 24.5 Å². The van der Waals surface area contributed by atoms with E-state index in [9.17, 15) is 0 Å². The van der Waals surface area contributed by atoms with Gasteiger partial charge in [0.2, 0.25) is 0 Å². The molecule has 1 aliphatic rings. The summed E-state index contributed by atoms with van der Waals surface area (Å²) in [5.74, 6) is 0.835. The Morgan fingerprint density at radius 3 is 2.46 bits per heavy atom. The Morgan fingerprint density at radius 2 is 1.85 bits per heavy atom. The SMILES string of the molecule is CC(C)C[CH]CCN1CCCCC1. The van der Waals surface area contributed by atoms with Gasteiger partial charge in [-0.25, -0.2) is 0 Å². The highest BCUT2D eigenvalue weighted by atomic mass is 15.1. The van der Waals surface area contributed by atoms with Crippen LogP contribution in [0.1, 0.15) is 46.0 Å². The molecule has 1 radical (unpaired) electrons. The van der Waals surface area contributed by atoms with Gasteiger partial charge in [-0.05, 0) is 57.7 Å². The summed E-state index contributed by atoms with van der Waals surface area (Å²) in [6, 6.07) is 0. The summed E-state index contributed by atoms with van der Waals surface area (Å²) >= 11 is 0. The van der Waals surface area contributed by atoms with Crippen LogP contribution in [0.4, 0.5) is 0 Å². The van der Waals surface area contributed by atoms with Gasteiger partial charge in [0.25, 0.3) is 0 Å². The van der Waals surface area contributed by atoms with Gasteiger partial charge >= 0.3 is 0 Å². The first-order chi connectivity index (χ1) is 6.29. The Hall–Kier alpha value is -0.0400. The zero-order chi connectivity index (χ0) is 9.52. The summed E-state index contributed by atoms with van der Waals surface area (Å²) in [6.07, 6.45) is 9.33. The van der Waals surface area contributed by atoms with Crippen molar-refractivity contribution in [3.05, 3.63) is 6.42 Å². The van der Waals surface area contributed by atoms with Crippen LogP contribution in [0, 0.1) is 12.3 Å². The van der Waals surface area contributed by atoms with Gasteiger partial charge in [0, 0.05) is 0 Å². The largest absolute Gasteiger partial charge is 0.303 e. The van der Waals surface area contributed by atoms with Crippen molar-refractivity contribution in [2.24, 2.45) is 5.92 Å². The highest BCUT2D eigenvalue weighted by Crippen LogP contribution is 2.11. The maximum absolute atomic E-state index is 2.61. The number of rotatable bonds is 5. The van der Waals surface area contributed by atoms with Gasteiger partial charge in [-0.3, -0.25) is 0 Å². The van der Waals surface area contributed by atoms with Crippen molar-refractivity contribution in [1.29, 1.82) is 0 Å². The fourth-order valence-corrected chi connectivity index (χ4v) is 1.91. The summed E-state index contributed by atoms with van der Waals surface area (Å²) in [7, 11) is 0. The van der Waals surface area contributed by atoms with Crippen molar-refractivity contribution in [1.82, 2.24) is 4.90 Å². The second-order valence-corrected chi connectivity index (χ2v) is 4.61. The topological polar surface area (TPSA) is 3.24 Å². The molecule has 77 valence electrons. The van der Waals surface area contributed by atoms with Gasteiger partial charge in [0.1, 0.15) is 0 Å². The molecule has 1 nitrogen and oxygen atoms in total. The second-order valence-electron chi connectivity index (χ2n) is 4.61. The van der Waals surface area contributed by atoms with Crippen LogP contribution < -0.4 is 0 Å². The molecule has 1 heteroatoms. The molecule has 1 rings (SSSR count). The second kappa shape index (κ2) is 6.42. The molecule has 0 unspecified atom stereocenters. The number of piperidine rings is 1. The summed E-state index contributed by atoms with van der Waals surface area (Å²) in [4.78, 5) is 2.61. The van der Waals surface area contributed by atoms with E-state index < -0.39 is 0 Å². The molecule has 0 amide bonds. The van der Waals surface area contributed by atoms with E-state index in [0.29, 0.717) is 0 Å². The number of nitrogens with zero attached hydrogens (tertiary/aromatic N) is 1. The van der Waals surface area contributed by atoms with Crippen molar-refractivity contribution in [3.8, 4) is 0 Å². The van der Waals surface area contributed by atoms with Crippen LogP contribution in [0.25, 0.3) is 0 Å². The smallest absolute Gasteiger partial charge is 0.00160 e. The Morgan fingerprint density at radius 1 is 1.15 bits per heavy atom. The third-order valence-electron chi connectivity index (χ3n) is 2.74. The number of hydrogen-bond acceptors (Lipinski definition) is 1. The molecule has 0 aromatic carbocycles. The number of hydrogen-bond donors (Lipinski definition) is 0. The number of unbranched alkanes of at least 4 members (excludes halogenated alkanes) is 1. The van der Waals surface area contributed by atoms with E-state index in [2.05, 4.69) is 25.2 Å². The van der Waals surface area contributed by atoms with Crippen LogP contribution >= 0.6 is 0 Å². The zero-order valence-electron chi connectivity index (χ0n) is 9.26. The molecule has 0 atom stereocenters. The van der Waals surface area contributed by atoms with E-state index in [1.54, 1.807) is 0 Å². The molecule has 1 heterocycles. The minimum atomic E-state index is 0.835. The van der Waals surface area contributed by atoms with E-state index in [1.807, 2.05) is 0 Å². The van der Waals surface area contributed by atoms with Gasteiger partial charge in [0.05, 0.1) is 0 Å². The summed E-state index contributed by atoms with van der Waals surface area (Å²) in [5, 5.41) is 0. The normalized spacial score (nSPS) is 19.6. The molecule has 1 aliphatic heterocycles. The first kappa shape index (κ1) is 11.0. The van der Waals surface area contributed by atoms with Crippen LogP contribution in [0.15, 0.2) is 0 Å². The Bertz CT molecular complexity index is 114. The fraction of sp³-hybridized carbons (Fsp3) is 0.917. The molecule has 0 bridgehead atoms. The highest BCUT2D eigenvalue weighted by Gasteiger charge is 2.08. The highest BCUT2D eigenvalue weighted by molar-refractivity contribution is 4.71. The minimum absolute atomic E-state index is 0.835. The molecule has 0 N–H and O–H groups in total. The molecule has 0 spiro atoms. The van der Waals surface area contributed by atoms with E-state index in [-0.39, 0.29) is 0 Å². The minimum Gasteiger partial charge on any atom is -0.303 e. The summed E-state index contributed by atoms with van der Waals surface area (Å²) in [5.41, 5.74) is 0. The van der Waals surface area contributed by atoms with Gasteiger partial charge in [-0.2, -0.15) is 0 Å². The lowest BCUT2D eigenvalue weighted by atomic mass is 10.1. The van der Waals surface area contributed by atoms with Crippen molar-refractivity contribution in [2.45, 2.75) is 46.0 Å². The first-order valence-electron chi connectivity index (χ1n) is 5.83. The average Bonchev–Trinajstić information content (AvgIpc) is 2.14. The lowest BCUT2D eigenvalue weighted by Crippen LogP contribution is -2.30. The van der Waals surface area contributed by atoms with E-state index in [4.69, 9.17) is 0 Å². The standard InChI is InChI=1S/C12H24N/c1-12(2)8-4-7-11-13-9-5-3-6-10-13/h4,12H,3,5-11H2,1-2H3. The Labute approximate surface area is 83.5 Å². The molecule has 13 heavy (non-hydrogen) atoms. The van der Waals surface area contributed by atoms with E-state index in [1.165, 1.54) is 51.7 Å². The number of likely N-dealkylation sites (tertiary alicyclic amines) is 1. The molecule has 1 fully saturated rings. The summed E-state index contributed by atoms with van der Waals surface area (Å²) in [6.45, 7) is 8.56. The molecule has 0 aromatic rings. The molecular weight excluding hydrogens is 158 g/mol. The predicted molar refractivity (Wildman–Crippen MR) is 58.7 cm³/mol. The van der Waals surface area contributed by atoms with Crippen molar-refractivity contribution < 1.29 is 0 Å². The maximum Gasteiger partial charge on any atom is -0.00160 e. The van der Waals surface area contributed by atoms with Crippen LogP contribution in [0.3, 0.4) is 0 Å². The fourth-order valence-electron chi connectivity index (χ4n) is 1.91. The third kappa shape index (κ3) is 5.30. The van der Waals surface area contributed by atoms with Crippen molar-refractivity contribution >= 4 is 0 Å². The van der Waals surface area contributed by atoms with Crippen molar-refractivity contribution in [2.75, 3.05) is 19.6 Å². The van der Waals surface area contributed by atoms with E-state index in [0.717, 1.165) is 5.92 Å². The average molecular weight is 182 g/mol. The van der Waals surface area contributed by atoms with Gasteiger partial charge in [-0.15, -0.1) is 0 Å². The van der Waals surface area contributed by atoms with Crippen LogP contribution in [0.5, 0.6) is 0 Å². The van der Waals surface area contributed by atoms with Crippen LogP contribution in [-0.2, 0) is 0 Å². The zero-order valence-corrected chi connectivity index (χ0v) is 9.26. The Kier molecular flexibility index (Phi) is 5.45. The molecule has 0 saturated carbocycles. The monoisotopic (exact) mass is 182 g/mol.